The van der Waals surface area contributed by atoms with Gasteiger partial charge in [0.25, 0.3) is 11.6 Å². The van der Waals surface area contributed by atoms with Gasteiger partial charge in [-0.25, -0.2) is 4.98 Å². The number of carbonyl (C=O) groups is 1. The normalized spacial score (nSPS) is 17.1. The van der Waals surface area contributed by atoms with Crippen LogP contribution in [0.15, 0.2) is 10.6 Å². The van der Waals surface area contributed by atoms with Crippen LogP contribution < -0.4 is 5.32 Å². The van der Waals surface area contributed by atoms with E-state index < -0.39 is 0 Å². The van der Waals surface area contributed by atoms with E-state index in [0.717, 1.165) is 18.5 Å². The highest BCUT2D eigenvalue weighted by Crippen LogP contribution is 2.33. The SMILES string of the molecule is Cc1cc(C(=O)NCC2(N(C)C)CCCC2)c2c(C)noc2n1. The second kappa shape index (κ2) is 5.92. The number of likely N-dealkylation sites (N-methyl/N-ethyl adjacent to an activating group) is 1. The average Bonchev–Trinajstić information content (AvgIpc) is 3.12. The Balaban J connectivity index is 1.85. The van der Waals surface area contributed by atoms with Crippen LogP contribution in [0.2, 0.25) is 0 Å². The minimum absolute atomic E-state index is 0.0700. The molecule has 0 radical (unpaired) electrons. The van der Waals surface area contributed by atoms with E-state index in [-0.39, 0.29) is 11.4 Å². The highest BCUT2D eigenvalue weighted by molar-refractivity contribution is 6.06. The van der Waals surface area contributed by atoms with Gasteiger partial charge in [0, 0.05) is 17.8 Å². The summed E-state index contributed by atoms with van der Waals surface area (Å²) in [7, 11) is 4.19. The molecular formula is C17H24N4O2. The largest absolute Gasteiger partial charge is 0.350 e. The van der Waals surface area contributed by atoms with Gasteiger partial charge in [0.2, 0.25) is 0 Å². The van der Waals surface area contributed by atoms with Crippen LogP contribution in [0.25, 0.3) is 11.1 Å². The third-order valence-electron chi connectivity index (χ3n) is 5.05. The van der Waals surface area contributed by atoms with E-state index in [1.807, 2.05) is 13.8 Å². The number of aryl methyl sites for hydroxylation is 2. The lowest BCUT2D eigenvalue weighted by atomic mass is 9.95. The molecule has 2 aromatic rings. The van der Waals surface area contributed by atoms with E-state index >= 15 is 0 Å². The number of carbonyl (C=O) groups excluding carboxylic acids is 1. The van der Waals surface area contributed by atoms with Crippen LogP contribution in [0.4, 0.5) is 0 Å². The highest BCUT2D eigenvalue weighted by atomic mass is 16.5. The molecule has 6 heteroatoms. The first kappa shape index (κ1) is 15.9. The quantitative estimate of drug-likeness (QED) is 0.938. The first-order valence-corrected chi connectivity index (χ1v) is 8.12. The molecule has 0 bridgehead atoms. The zero-order valence-corrected chi connectivity index (χ0v) is 14.3. The van der Waals surface area contributed by atoms with E-state index in [4.69, 9.17) is 4.52 Å². The van der Waals surface area contributed by atoms with Gasteiger partial charge in [0.1, 0.15) is 0 Å². The number of hydrogen-bond acceptors (Lipinski definition) is 5. The van der Waals surface area contributed by atoms with Crippen molar-refractivity contribution in [3.05, 3.63) is 23.0 Å². The van der Waals surface area contributed by atoms with Crippen LogP contribution in [0, 0.1) is 13.8 Å². The van der Waals surface area contributed by atoms with Crippen molar-refractivity contribution in [3.8, 4) is 0 Å². The average molecular weight is 316 g/mol. The van der Waals surface area contributed by atoms with Crippen molar-refractivity contribution in [2.75, 3.05) is 20.6 Å². The summed E-state index contributed by atoms with van der Waals surface area (Å²) in [5.41, 5.74) is 2.54. The van der Waals surface area contributed by atoms with E-state index in [0.29, 0.717) is 28.9 Å². The number of nitrogens with one attached hydrogen (secondary N) is 1. The third kappa shape index (κ3) is 2.83. The molecule has 0 unspecified atom stereocenters. The molecule has 0 atom stereocenters. The molecule has 6 nitrogen and oxygen atoms in total. The predicted molar refractivity (Wildman–Crippen MR) is 88.5 cm³/mol. The maximum atomic E-state index is 12.8. The van der Waals surface area contributed by atoms with Gasteiger partial charge in [-0.05, 0) is 46.9 Å². The molecule has 0 saturated heterocycles. The van der Waals surface area contributed by atoms with E-state index in [1.54, 1.807) is 6.07 Å². The summed E-state index contributed by atoms with van der Waals surface area (Å²) < 4.78 is 5.21. The van der Waals surface area contributed by atoms with Gasteiger partial charge in [-0.1, -0.05) is 18.0 Å². The Labute approximate surface area is 136 Å². The van der Waals surface area contributed by atoms with Gasteiger partial charge in [-0.15, -0.1) is 0 Å². The monoisotopic (exact) mass is 316 g/mol. The molecule has 1 fully saturated rings. The number of amides is 1. The summed E-state index contributed by atoms with van der Waals surface area (Å²) in [5.74, 6) is -0.0834. The van der Waals surface area contributed by atoms with Crippen molar-refractivity contribution >= 4 is 17.0 Å². The lowest BCUT2D eigenvalue weighted by Crippen LogP contribution is -2.50. The van der Waals surface area contributed by atoms with E-state index in [2.05, 4.69) is 34.5 Å². The molecule has 2 heterocycles. The first-order chi connectivity index (χ1) is 10.9. The summed E-state index contributed by atoms with van der Waals surface area (Å²) in [6, 6.07) is 1.80. The van der Waals surface area contributed by atoms with Gasteiger partial charge in [0.05, 0.1) is 16.6 Å². The van der Waals surface area contributed by atoms with Crippen LogP contribution >= 0.6 is 0 Å². The van der Waals surface area contributed by atoms with Crippen LogP contribution in [-0.2, 0) is 0 Å². The number of nitrogens with zero attached hydrogens (tertiary/aromatic N) is 3. The molecule has 1 saturated carbocycles. The molecule has 124 valence electrons. The Bertz CT molecular complexity index is 730. The lowest BCUT2D eigenvalue weighted by Gasteiger charge is -2.36. The van der Waals surface area contributed by atoms with E-state index in [9.17, 15) is 4.79 Å². The fourth-order valence-electron chi connectivity index (χ4n) is 3.55. The Morgan fingerprint density at radius 2 is 2.04 bits per heavy atom. The molecule has 0 aliphatic heterocycles. The van der Waals surface area contributed by atoms with Gasteiger partial charge >= 0.3 is 0 Å². The fourth-order valence-corrected chi connectivity index (χ4v) is 3.55. The number of rotatable bonds is 4. The summed E-state index contributed by atoms with van der Waals surface area (Å²) in [6.07, 6.45) is 4.68. The molecule has 1 N–H and O–H groups in total. The predicted octanol–water partition coefficient (Wildman–Crippen LogP) is 2.44. The number of pyridine rings is 1. The minimum Gasteiger partial charge on any atom is -0.350 e. The second-order valence-electron chi connectivity index (χ2n) is 6.77. The Morgan fingerprint density at radius 1 is 1.35 bits per heavy atom. The summed E-state index contributed by atoms with van der Waals surface area (Å²) in [5, 5.41) is 7.76. The van der Waals surface area contributed by atoms with Crippen molar-refractivity contribution in [2.24, 2.45) is 0 Å². The topological polar surface area (TPSA) is 71.3 Å². The van der Waals surface area contributed by atoms with Crippen LogP contribution in [0.1, 0.15) is 47.4 Å². The Hall–Kier alpha value is -1.95. The molecule has 2 aromatic heterocycles. The van der Waals surface area contributed by atoms with Crippen molar-refractivity contribution in [1.82, 2.24) is 20.4 Å². The molecule has 0 spiro atoms. The second-order valence-corrected chi connectivity index (χ2v) is 6.77. The zero-order valence-electron chi connectivity index (χ0n) is 14.3. The van der Waals surface area contributed by atoms with Gasteiger partial charge in [0.15, 0.2) is 0 Å². The number of aromatic nitrogens is 2. The maximum absolute atomic E-state index is 12.8. The molecule has 1 aliphatic rings. The third-order valence-corrected chi connectivity index (χ3v) is 5.05. The van der Waals surface area contributed by atoms with Gasteiger partial charge in [-0.2, -0.15) is 0 Å². The first-order valence-electron chi connectivity index (χ1n) is 8.12. The maximum Gasteiger partial charge on any atom is 0.258 e. The molecule has 23 heavy (non-hydrogen) atoms. The number of fused-ring (bicyclic) bond motifs is 1. The molecule has 3 rings (SSSR count). The van der Waals surface area contributed by atoms with Crippen molar-refractivity contribution < 1.29 is 9.32 Å². The summed E-state index contributed by atoms with van der Waals surface area (Å²) in [4.78, 5) is 19.3. The van der Waals surface area contributed by atoms with E-state index in [1.165, 1.54) is 12.8 Å². The smallest absolute Gasteiger partial charge is 0.258 e. The minimum atomic E-state index is -0.0834. The fraction of sp³-hybridized carbons (Fsp3) is 0.588. The number of hydrogen-bond donors (Lipinski definition) is 1. The van der Waals surface area contributed by atoms with Crippen molar-refractivity contribution in [3.63, 3.8) is 0 Å². The molecular weight excluding hydrogens is 292 g/mol. The Kier molecular flexibility index (Phi) is 4.10. The molecule has 1 amide bonds. The van der Waals surface area contributed by atoms with Crippen molar-refractivity contribution in [2.45, 2.75) is 45.1 Å². The van der Waals surface area contributed by atoms with Gasteiger partial charge < -0.3 is 14.7 Å². The van der Waals surface area contributed by atoms with Gasteiger partial charge in [-0.3, -0.25) is 4.79 Å². The zero-order chi connectivity index (χ0) is 16.6. The summed E-state index contributed by atoms with van der Waals surface area (Å²) in [6.45, 7) is 4.34. The van der Waals surface area contributed by atoms with Crippen LogP contribution in [0.3, 0.4) is 0 Å². The van der Waals surface area contributed by atoms with Crippen molar-refractivity contribution in [1.29, 1.82) is 0 Å². The molecule has 0 aromatic carbocycles. The Morgan fingerprint density at radius 3 is 2.70 bits per heavy atom. The standard InChI is InChI=1S/C17H24N4O2/c1-11-9-13(14-12(2)20-23-16(14)19-11)15(22)18-10-17(21(3)4)7-5-6-8-17/h9H,5-8,10H2,1-4H3,(H,18,22). The lowest BCUT2D eigenvalue weighted by molar-refractivity contribution is 0.0901. The highest BCUT2D eigenvalue weighted by Gasteiger charge is 2.36. The summed E-state index contributed by atoms with van der Waals surface area (Å²) >= 11 is 0. The van der Waals surface area contributed by atoms with Crippen LogP contribution in [0.5, 0.6) is 0 Å². The molecule has 1 aliphatic carbocycles. The van der Waals surface area contributed by atoms with Crippen LogP contribution in [-0.4, -0.2) is 47.1 Å².